The zero-order chi connectivity index (χ0) is 22.4. The fraction of sp³-hybridized carbons (Fsp3) is 0.333. The van der Waals surface area contributed by atoms with Crippen molar-refractivity contribution in [2.24, 2.45) is 5.92 Å². The third-order valence-electron chi connectivity index (χ3n) is 5.25. The van der Waals surface area contributed by atoms with E-state index >= 15 is 0 Å². The fourth-order valence-corrected chi connectivity index (χ4v) is 3.80. The summed E-state index contributed by atoms with van der Waals surface area (Å²) >= 11 is 5.93. The van der Waals surface area contributed by atoms with Gasteiger partial charge in [0.05, 0.1) is 18.3 Å². The van der Waals surface area contributed by atoms with E-state index in [1.807, 2.05) is 56.3 Å². The van der Waals surface area contributed by atoms with E-state index in [-0.39, 0.29) is 18.6 Å². The number of carbonyl (C=O) groups excluding carboxylic acids is 2. The second kappa shape index (κ2) is 10.4. The highest BCUT2D eigenvalue weighted by molar-refractivity contribution is 6.30. The average Bonchev–Trinajstić information content (AvgIpc) is 2.74. The highest BCUT2D eigenvalue weighted by Gasteiger charge is 2.40. The van der Waals surface area contributed by atoms with E-state index in [1.54, 1.807) is 13.1 Å². The maximum atomic E-state index is 12.9. The predicted molar refractivity (Wildman–Crippen MR) is 122 cm³/mol. The Morgan fingerprint density at radius 2 is 1.94 bits per heavy atom. The van der Waals surface area contributed by atoms with Gasteiger partial charge in [0.2, 0.25) is 0 Å². The van der Waals surface area contributed by atoms with Crippen molar-refractivity contribution in [1.29, 1.82) is 0 Å². The van der Waals surface area contributed by atoms with Crippen LogP contribution in [0.25, 0.3) is 0 Å². The quantitative estimate of drug-likeness (QED) is 0.445. The Morgan fingerprint density at radius 1 is 1.19 bits per heavy atom. The molecule has 1 aliphatic heterocycles. The van der Waals surface area contributed by atoms with E-state index in [2.05, 4.69) is 16.0 Å². The summed E-state index contributed by atoms with van der Waals surface area (Å²) < 4.78 is 5.34. The SMILES string of the molecule is CCOC(=O)[C@H]1/C(=C\NCCc2ccc(Cl)cc2)NC(=O)N[C@@H]1c1cc(C)ccc1C. The van der Waals surface area contributed by atoms with E-state index in [1.165, 1.54) is 0 Å². The molecule has 1 fully saturated rings. The minimum absolute atomic E-state index is 0.264. The summed E-state index contributed by atoms with van der Waals surface area (Å²) in [6.45, 7) is 6.63. The summed E-state index contributed by atoms with van der Waals surface area (Å²) in [4.78, 5) is 25.3. The van der Waals surface area contributed by atoms with Crippen molar-refractivity contribution >= 4 is 23.6 Å². The van der Waals surface area contributed by atoms with Crippen LogP contribution in [-0.2, 0) is 16.0 Å². The molecule has 2 aromatic rings. The smallest absolute Gasteiger partial charge is 0.319 e. The van der Waals surface area contributed by atoms with Crippen LogP contribution in [0.2, 0.25) is 5.02 Å². The summed E-state index contributed by atoms with van der Waals surface area (Å²) in [7, 11) is 0. The molecule has 0 aliphatic carbocycles. The third kappa shape index (κ3) is 5.79. The van der Waals surface area contributed by atoms with E-state index in [4.69, 9.17) is 16.3 Å². The molecular weight excluding hydrogens is 414 g/mol. The molecule has 1 saturated heterocycles. The minimum atomic E-state index is -0.679. The topological polar surface area (TPSA) is 79.5 Å². The number of halogens is 1. The van der Waals surface area contributed by atoms with Crippen molar-refractivity contribution in [2.75, 3.05) is 13.2 Å². The van der Waals surface area contributed by atoms with Crippen LogP contribution >= 0.6 is 11.6 Å². The molecule has 0 aromatic heterocycles. The number of carbonyl (C=O) groups is 2. The number of ether oxygens (including phenoxy) is 1. The molecule has 2 aromatic carbocycles. The van der Waals surface area contributed by atoms with Gasteiger partial charge in [0.25, 0.3) is 0 Å². The van der Waals surface area contributed by atoms with Crippen molar-refractivity contribution in [1.82, 2.24) is 16.0 Å². The number of urea groups is 1. The highest BCUT2D eigenvalue weighted by atomic mass is 35.5. The Hall–Kier alpha value is -2.99. The molecule has 2 amide bonds. The number of benzene rings is 2. The normalized spacial score (nSPS) is 19.5. The van der Waals surface area contributed by atoms with Crippen LogP contribution in [0.1, 0.15) is 35.2 Å². The number of amides is 2. The van der Waals surface area contributed by atoms with Crippen LogP contribution in [0.3, 0.4) is 0 Å². The Kier molecular flexibility index (Phi) is 7.58. The Morgan fingerprint density at radius 3 is 2.65 bits per heavy atom. The van der Waals surface area contributed by atoms with Gasteiger partial charge >= 0.3 is 12.0 Å². The van der Waals surface area contributed by atoms with Gasteiger partial charge < -0.3 is 20.7 Å². The third-order valence-corrected chi connectivity index (χ3v) is 5.50. The molecule has 0 saturated carbocycles. The number of aryl methyl sites for hydroxylation is 2. The first-order valence-corrected chi connectivity index (χ1v) is 10.8. The van der Waals surface area contributed by atoms with Gasteiger partial charge in [-0.1, -0.05) is 47.5 Å². The molecule has 2 atom stereocenters. The summed E-state index contributed by atoms with van der Waals surface area (Å²) in [5, 5.41) is 9.60. The average molecular weight is 442 g/mol. The Balaban J connectivity index is 1.82. The number of hydrogen-bond acceptors (Lipinski definition) is 4. The second-order valence-corrected chi connectivity index (χ2v) is 8.03. The predicted octanol–water partition coefficient (Wildman–Crippen LogP) is 4.16. The molecule has 164 valence electrons. The molecule has 0 radical (unpaired) electrons. The van der Waals surface area contributed by atoms with Gasteiger partial charge in [0.15, 0.2) is 0 Å². The lowest BCUT2D eigenvalue weighted by atomic mass is 9.86. The van der Waals surface area contributed by atoms with E-state index in [0.29, 0.717) is 17.3 Å². The van der Waals surface area contributed by atoms with E-state index in [0.717, 1.165) is 28.7 Å². The largest absolute Gasteiger partial charge is 0.465 e. The molecule has 3 N–H and O–H groups in total. The summed E-state index contributed by atoms with van der Waals surface area (Å²) in [6, 6.07) is 12.8. The summed E-state index contributed by atoms with van der Waals surface area (Å²) in [5.74, 6) is -1.06. The molecule has 0 spiro atoms. The van der Waals surface area contributed by atoms with Crippen LogP contribution in [0, 0.1) is 19.8 Å². The molecule has 0 bridgehead atoms. The Bertz CT molecular complexity index is 973. The van der Waals surface area contributed by atoms with Gasteiger partial charge in [-0.25, -0.2) is 4.79 Å². The van der Waals surface area contributed by atoms with Crippen LogP contribution in [0.5, 0.6) is 0 Å². The monoisotopic (exact) mass is 441 g/mol. The molecule has 31 heavy (non-hydrogen) atoms. The van der Waals surface area contributed by atoms with Crippen molar-refractivity contribution < 1.29 is 14.3 Å². The second-order valence-electron chi connectivity index (χ2n) is 7.60. The first-order valence-electron chi connectivity index (χ1n) is 10.4. The zero-order valence-corrected chi connectivity index (χ0v) is 18.8. The number of rotatable bonds is 7. The summed E-state index contributed by atoms with van der Waals surface area (Å²) in [6.07, 6.45) is 2.48. The van der Waals surface area contributed by atoms with Crippen molar-refractivity contribution in [3.05, 3.63) is 81.6 Å². The number of nitrogens with one attached hydrogen (secondary N) is 3. The van der Waals surface area contributed by atoms with Gasteiger partial charge in [-0.2, -0.15) is 0 Å². The minimum Gasteiger partial charge on any atom is -0.465 e. The van der Waals surface area contributed by atoms with Crippen molar-refractivity contribution in [3.8, 4) is 0 Å². The van der Waals surface area contributed by atoms with Crippen molar-refractivity contribution in [2.45, 2.75) is 33.2 Å². The lowest BCUT2D eigenvalue weighted by Crippen LogP contribution is -2.52. The molecular formula is C24H28ClN3O3. The van der Waals surface area contributed by atoms with Crippen LogP contribution < -0.4 is 16.0 Å². The zero-order valence-electron chi connectivity index (χ0n) is 18.0. The van der Waals surface area contributed by atoms with Gasteiger partial charge in [0, 0.05) is 17.8 Å². The van der Waals surface area contributed by atoms with Crippen LogP contribution in [-0.4, -0.2) is 25.2 Å². The molecule has 7 heteroatoms. The van der Waals surface area contributed by atoms with Gasteiger partial charge in [-0.05, 0) is 56.0 Å². The first kappa shape index (κ1) is 22.7. The van der Waals surface area contributed by atoms with Gasteiger partial charge in [0.1, 0.15) is 5.92 Å². The Labute approximate surface area is 188 Å². The molecule has 1 aliphatic rings. The molecule has 0 unspecified atom stereocenters. The lowest BCUT2D eigenvalue weighted by Gasteiger charge is -2.34. The van der Waals surface area contributed by atoms with E-state index in [9.17, 15) is 9.59 Å². The van der Waals surface area contributed by atoms with Gasteiger partial charge in [-0.3, -0.25) is 4.79 Å². The number of esters is 1. The maximum absolute atomic E-state index is 12.9. The van der Waals surface area contributed by atoms with Crippen LogP contribution in [0.4, 0.5) is 4.79 Å². The molecule has 3 rings (SSSR count). The lowest BCUT2D eigenvalue weighted by molar-refractivity contribution is -0.147. The summed E-state index contributed by atoms with van der Waals surface area (Å²) in [5.41, 5.74) is 4.59. The first-order chi connectivity index (χ1) is 14.9. The van der Waals surface area contributed by atoms with E-state index < -0.39 is 12.0 Å². The highest BCUT2D eigenvalue weighted by Crippen LogP contribution is 2.33. The van der Waals surface area contributed by atoms with Crippen LogP contribution in [0.15, 0.2) is 54.4 Å². The molecule has 1 heterocycles. The molecule has 6 nitrogen and oxygen atoms in total. The van der Waals surface area contributed by atoms with Crippen molar-refractivity contribution in [3.63, 3.8) is 0 Å². The number of hydrogen-bond donors (Lipinski definition) is 3. The van der Waals surface area contributed by atoms with Gasteiger partial charge in [-0.15, -0.1) is 0 Å². The standard InChI is InChI=1S/C24H28ClN3O3/c1-4-31-23(29)21-20(14-26-12-11-17-7-9-18(25)10-8-17)27-24(30)28-22(21)19-13-15(2)5-6-16(19)3/h5-10,13-14,21-22,26H,4,11-12H2,1-3H3,(H2,27,28,30)/b20-14+/t21-,22+/m0/s1. The maximum Gasteiger partial charge on any atom is 0.319 e. The fourth-order valence-electron chi connectivity index (χ4n) is 3.67.